The lowest BCUT2D eigenvalue weighted by Crippen LogP contribution is -2.24. The van der Waals surface area contributed by atoms with Crippen LogP contribution in [0.1, 0.15) is 0 Å². The van der Waals surface area contributed by atoms with E-state index in [0.29, 0.717) is 15.6 Å². The van der Waals surface area contributed by atoms with Gasteiger partial charge in [0.1, 0.15) is 5.69 Å². The molecule has 0 saturated heterocycles. The number of para-hydroxylation sites is 1. The molecule has 1 N–H and O–H groups in total. The van der Waals surface area contributed by atoms with Crippen LogP contribution in [-0.4, -0.2) is 25.2 Å². The van der Waals surface area contributed by atoms with Gasteiger partial charge in [-0.3, -0.25) is 4.79 Å². The SMILES string of the molecule is CNS(=O)(=O)c1cccc(-c2nn(-c3c(F)cccc3F)c(=O)c3ccccc23)c1. The van der Waals surface area contributed by atoms with E-state index in [1.165, 1.54) is 37.4 Å². The van der Waals surface area contributed by atoms with Crippen molar-refractivity contribution in [3.63, 3.8) is 0 Å². The highest BCUT2D eigenvalue weighted by atomic mass is 32.2. The maximum atomic E-state index is 14.4. The zero-order valence-electron chi connectivity index (χ0n) is 15.6. The standard InChI is InChI=1S/C21H15F2N3O3S/c1-24-30(28,29)14-7-4-6-13(12-14)19-15-8-2-3-9-16(15)21(27)26(25-19)20-17(22)10-5-11-18(20)23/h2-12,24H,1H3. The molecule has 152 valence electrons. The lowest BCUT2D eigenvalue weighted by Gasteiger charge is -2.13. The molecule has 30 heavy (non-hydrogen) atoms. The molecule has 6 nitrogen and oxygen atoms in total. The highest BCUT2D eigenvalue weighted by molar-refractivity contribution is 7.89. The van der Waals surface area contributed by atoms with Gasteiger partial charge in [-0.2, -0.15) is 9.78 Å². The zero-order chi connectivity index (χ0) is 21.5. The topological polar surface area (TPSA) is 81.1 Å². The second-order valence-electron chi connectivity index (χ2n) is 6.42. The third kappa shape index (κ3) is 3.27. The number of fused-ring (bicyclic) bond motifs is 1. The summed E-state index contributed by atoms with van der Waals surface area (Å²) < 4.78 is 56.1. The summed E-state index contributed by atoms with van der Waals surface area (Å²) in [5.41, 5.74) is -0.722. The van der Waals surface area contributed by atoms with Gasteiger partial charge in [-0.25, -0.2) is 21.9 Å². The number of hydrogen-bond acceptors (Lipinski definition) is 4. The molecule has 0 fully saturated rings. The smallest absolute Gasteiger partial charge is 0.267 e. The molecule has 9 heteroatoms. The molecule has 4 aromatic rings. The predicted molar refractivity (Wildman–Crippen MR) is 109 cm³/mol. The quantitative estimate of drug-likeness (QED) is 0.542. The molecule has 0 aliphatic rings. The average molecular weight is 427 g/mol. The summed E-state index contributed by atoms with van der Waals surface area (Å²) >= 11 is 0. The number of nitrogens with one attached hydrogen (secondary N) is 1. The van der Waals surface area contributed by atoms with Crippen molar-refractivity contribution in [1.82, 2.24) is 14.5 Å². The van der Waals surface area contributed by atoms with E-state index in [4.69, 9.17) is 0 Å². The maximum Gasteiger partial charge on any atom is 0.279 e. The Morgan fingerprint density at radius 2 is 1.53 bits per heavy atom. The maximum absolute atomic E-state index is 14.4. The first kappa shape index (κ1) is 19.9. The van der Waals surface area contributed by atoms with Crippen LogP contribution in [0, 0.1) is 11.6 Å². The van der Waals surface area contributed by atoms with Crippen LogP contribution < -0.4 is 10.3 Å². The minimum Gasteiger partial charge on any atom is -0.267 e. The molecule has 0 amide bonds. The summed E-state index contributed by atoms with van der Waals surface area (Å²) in [5.74, 6) is -1.89. The third-order valence-electron chi connectivity index (χ3n) is 4.64. The molecule has 0 aliphatic heterocycles. The predicted octanol–water partition coefficient (Wildman–Crippen LogP) is 3.24. The molecule has 0 aliphatic carbocycles. The van der Waals surface area contributed by atoms with Crippen LogP contribution in [0.4, 0.5) is 8.78 Å². The van der Waals surface area contributed by atoms with E-state index in [-0.39, 0.29) is 16.0 Å². The van der Waals surface area contributed by atoms with Gasteiger partial charge in [0.25, 0.3) is 5.56 Å². The Balaban J connectivity index is 2.09. The van der Waals surface area contributed by atoms with E-state index in [1.54, 1.807) is 24.3 Å². The van der Waals surface area contributed by atoms with Crippen molar-refractivity contribution in [1.29, 1.82) is 0 Å². The van der Waals surface area contributed by atoms with Crippen LogP contribution in [-0.2, 0) is 10.0 Å². The summed E-state index contributed by atoms with van der Waals surface area (Å²) in [7, 11) is -2.44. The summed E-state index contributed by atoms with van der Waals surface area (Å²) in [5, 5.41) is 4.83. The fourth-order valence-electron chi connectivity index (χ4n) is 3.17. The second-order valence-corrected chi connectivity index (χ2v) is 8.30. The highest BCUT2D eigenvalue weighted by Gasteiger charge is 2.19. The second kappa shape index (κ2) is 7.43. The Hall–Kier alpha value is -3.43. The summed E-state index contributed by atoms with van der Waals surface area (Å²) in [6.07, 6.45) is 0. The number of aromatic nitrogens is 2. The molecule has 0 unspecified atom stereocenters. The van der Waals surface area contributed by atoms with Gasteiger partial charge < -0.3 is 0 Å². The van der Waals surface area contributed by atoms with E-state index >= 15 is 0 Å². The number of sulfonamides is 1. The molecule has 0 radical (unpaired) electrons. The first-order valence-corrected chi connectivity index (χ1v) is 10.3. The number of benzene rings is 3. The van der Waals surface area contributed by atoms with Gasteiger partial charge in [-0.05, 0) is 37.4 Å². The lowest BCUT2D eigenvalue weighted by atomic mass is 10.1. The zero-order valence-corrected chi connectivity index (χ0v) is 16.5. The third-order valence-corrected chi connectivity index (χ3v) is 6.05. The molecule has 1 aromatic heterocycles. The van der Waals surface area contributed by atoms with Crippen LogP contribution >= 0.6 is 0 Å². The fourth-order valence-corrected chi connectivity index (χ4v) is 3.95. The van der Waals surface area contributed by atoms with Crippen LogP contribution in [0.15, 0.2) is 76.4 Å². The van der Waals surface area contributed by atoms with Crippen molar-refractivity contribution in [2.75, 3.05) is 7.05 Å². The summed E-state index contributed by atoms with van der Waals surface area (Å²) in [4.78, 5) is 12.9. The van der Waals surface area contributed by atoms with Gasteiger partial charge in [0.2, 0.25) is 10.0 Å². The van der Waals surface area contributed by atoms with Crippen molar-refractivity contribution in [3.8, 4) is 16.9 Å². The van der Waals surface area contributed by atoms with Crippen molar-refractivity contribution in [3.05, 3.63) is 88.7 Å². The van der Waals surface area contributed by atoms with Crippen molar-refractivity contribution in [2.45, 2.75) is 4.90 Å². The van der Waals surface area contributed by atoms with Crippen molar-refractivity contribution < 1.29 is 17.2 Å². The largest absolute Gasteiger partial charge is 0.279 e. The van der Waals surface area contributed by atoms with Crippen molar-refractivity contribution >= 4 is 20.8 Å². The summed E-state index contributed by atoms with van der Waals surface area (Å²) in [6, 6.07) is 15.6. The van der Waals surface area contributed by atoms with E-state index in [1.807, 2.05) is 0 Å². The molecule has 0 spiro atoms. The molecule has 3 aromatic carbocycles. The van der Waals surface area contributed by atoms with Crippen LogP contribution in [0.5, 0.6) is 0 Å². The van der Waals surface area contributed by atoms with Crippen LogP contribution in [0.3, 0.4) is 0 Å². The Bertz CT molecular complexity index is 1430. The Morgan fingerprint density at radius 1 is 0.900 bits per heavy atom. The van der Waals surface area contributed by atoms with Crippen LogP contribution in [0.2, 0.25) is 0 Å². The van der Waals surface area contributed by atoms with Crippen molar-refractivity contribution in [2.24, 2.45) is 0 Å². The first-order valence-electron chi connectivity index (χ1n) is 8.84. The Kier molecular flexibility index (Phi) is 4.92. The first-order chi connectivity index (χ1) is 14.3. The molecule has 4 rings (SSSR count). The van der Waals surface area contributed by atoms with Gasteiger partial charge in [0.05, 0.1) is 16.0 Å². The minimum atomic E-state index is -3.73. The van der Waals surface area contributed by atoms with E-state index in [9.17, 15) is 22.0 Å². The average Bonchev–Trinajstić information content (AvgIpc) is 2.75. The Labute approximate surface area is 170 Å². The lowest BCUT2D eigenvalue weighted by molar-refractivity contribution is 0.556. The normalized spacial score (nSPS) is 11.7. The minimum absolute atomic E-state index is 0.0109. The van der Waals surface area contributed by atoms with Crippen LogP contribution in [0.25, 0.3) is 27.7 Å². The number of halogens is 2. The summed E-state index contributed by atoms with van der Waals surface area (Å²) in [6.45, 7) is 0. The number of hydrogen-bond donors (Lipinski definition) is 1. The number of rotatable bonds is 4. The van der Waals surface area contributed by atoms with E-state index in [2.05, 4.69) is 9.82 Å². The van der Waals surface area contributed by atoms with Gasteiger partial charge in [-0.15, -0.1) is 0 Å². The molecule has 1 heterocycles. The molecule has 0 saturated carbocycles. The number of nitrogens with zero attached hydrogens (tertiary/aromatic N) is 2. The van der Waals surface area contributed by atoms with Gasteiger partial charge >= 0.3 is 0 Å². The monoisotopic (exact) mass is 427 g/mol. The molecular weight excluding hydrogens is 412 g/mol. The molecule has 0 atom stereocenters. The molecule has 0 bridgehead atoms. The van der Waals surface area contributed by atoms with Gasteiger partial charge in [-0.1, -0.05) is 36.4 Å². The van der Waals surface area contributed by atoms with E-state index < -0.39 is 32.9 Å². The fraction of sp³-hybridized carbons (Fsp3) is 0.0476. The van der Waals surface area contributed by atoms with Gasteiger partial charge in [0, 0.05) is 10.9 Å². The highest BCUT2D eigenvalue weighted by Crippen LogP contribution is 2.28. The Morgan fingerprint density at radius 3 is 2.20 bits per heavy atom. The molecular formula is C21H15F2N3O3S. The van der Waals surface area contributed by atoms with Gasteiger partial charge in [0.15, 0.2) is 11.6 Å². The van der Waals surface area contributed by atoms with E-state index in [0.717, 1.165) is 12.1 Å².